The second-order valence-corrected chi connectivity index (χ2v) is 4.35. The molecule has 0 aliphatic carbocycles. The molecular formula is C11H12Cl2F3N. The monoisotopic (exact) mass is 285 g/mol. The summed E-state index contributed by atoms with van der Waals surface area (Å²) < 4.78 is 37.5. The van der Waals surface area contributed by atoms with Crippen molar-refractivity contribution in [3.05, 3.63) is 34.6 Å². The van der Waals surface area contributed by atoms with Gasteiger partial charge in [-0.3, -0.25) is 4.90 Å². The van der Waals surface area contributed by atoms with E-state index in [0.29, 0.717) is 12.1 Å². The Morgan fingerprint density at radius 2 is 2.00 bits per heavy atom. The zero-order valence-corrected chi connectivity index (χ0v) is 10.5. The fourth-order valence-corrected chi connectivity index (χ4v) is 1.89. The van der Waals surface area contributed by atoms with E-state index in [1.54, 1.807) is 0 Å². The SMILES string of the molecule is Fc1ccc(CN(CCCl)CC(F)F)cc1Cl. The fourth-order valence-electron chi connectivity index (χ4n) is 1.45. The zero-order chi connectivity index (χ0) is 12.8. The summed E-state index contributed by atoms with van der Waals surface area (Å²) in [4.78, 5) is 1.50. The first-order valence-electron chi connectivity index (χ1n) is 5.03. The maximum Gasteiger partial charge on any atom is 0.251 e. The number of hydrogen-bond acceptors (Lipinski definition) is 1. The third-order valence-corrected chi connectivity index (χ3v) is 2.65. The molecule has 0 fully saturated rings. The molecular weight excluding hydrogens is 274 g/mol. The predicted octanol–water partition coefficient (Wildman–Crippen LogP) is 3.79. The number of rotatable bonds is 6. The lowest BCUT2D eigenvalue weighted by Crippen LogP contribution is -2.30. The molecule has 0 saturated carbocycles. The van der Waals surface area contributed by atoms with E-state index < -0.39 is 12.2 Å². The van der Waals surface area contributed by atoms with Crippen molar-refractivity contribution in [1.29, 1.82) is 0 Å². The first-order chi connectivity index (χ1) is 8.02. The van der Waals surface area contributed by atoms with Crippen molar-refractivity contribution in [2.75, 3.05) is 19.0 Å². The van der Waals surface area contributed by atoms with E-state index in [9.17, 15) is 13.2 Å². The van der Waals surface area contributed by atoms with Gasteiger partial charge in [-0.1, -0.05) is 17.7 Å². The largest absolute Gasteiger partial charge is 0.292 e. The molecule has 0 radical (unpaired) electrons. The van der Waals surface area contributed by atoms with Crippen LogP contribution in [0.3, 0.4) is 0 Å². The number of benzene rings is 1. The summed E-state index contributed by atoms with van der Waals surface area (Å²) in [5.41, 5.74) is 0.683. The van der Waals surface area contributed by atoms with Crippen LogP contribution in [0.2, 0.25) is 5.02 Å². The van der Waals surface area contributed by atoms with Crippen LogP contribution in [0.25, 0.3) is 0 Å². The van der Waals surface area contributed by atoms with E-state index in [1.807, 2.05) is 0 Å². The Labute approximate surface area is 108 Å². The Kier molecular flexibility index (Phi) is 6.09. The average molecular weight is 286 g/mol. The molecule has 96 valence electrons. The number of alkyl halides is 3. The molecule has 0 N–H and O–H groups in total. The molecule has 0 aromatic heterocycles. The molecule has 1 aromatic rings. The maximum absolute atomic E-state index is 12.9. The Hall–Kier alpha value is -0.450. The van der Waals surface area contributed by atoms with Gasteiger partial charge in [0.2, 0.25) is 0 Å². The third-order valence-electron chi connectivity index (χ3n) is 2.19. The number of hydrogen-bond donors (Lipinski definition) is 0. The first kappa shape index (κ1) is 14.6. The minimum Gasteiger partial charge on any atom is -0.292 e. The molecule has 0 aliphatic heterocycles. The van der Waals surface area contributed by atoms with E-state index in [4.69, 9.17) is 23.2 Å². The number of nitrogens with zero attached hydrogens (tertiary/aromatic N) is 1. The molecule has 0 heterocycles. The van der Waals surface area contributed by atoms with Gasteiger partial charge in [0, 0.05) is 19.0 Å². The smallest absolute Gasteiger partial charge is 0.251 e. The quantitative estimate of drug-likeness (QED) is 0.719. The summed E-state index contributed by atoms with van der Waals surface area (Å²) in [5, 5.41) is -0.00892. The van der Waals surface area contributed by atoms with Crippen molar-refractivity contribution in [2.45, 2.75) is 13.0 Å². The standard InChI is InChI=1S/C11H12Cl2F3N/c12-3-4-17(7-11(15)16)6-8-1-2-10(14)9(13)5-8/h1-2,5,11H,3-4,6-7H2. The highest BCUT2D eigenvalue weighted by molar-refractivity contribution is 6.30. The van der Waals surface area contributed by atoms with Crippen LogP contribution in [0.5, 0.6) is 0 Å². The second-order valence-electron chi connectivity index (χ2n) is 3.56. The lowest BCUT2D eigenvalue weighted by atomic mass is 10.2. The van der Waals surface area contributed by atoms with Crippen molar-refractivity contribution >= 4 is 23.2 Å². The van der Waals surface area contributed by atoms with Gasteiger partial charge in [-0.2, -0.15) is 0 Å². The average Bonchev–Trinajstić information content (AvgIpc) is 2.23. The Morgan fingerprint density at radius 1 is 1.29 bits per heavy atom. The molecule has 1 nitrogen and oxygen atoms in total. The highest BCUT2D eigenvalue weighted by Gasteiger charge is 2.12. The van der Waals surface area contributed by atoms with E-state index in [1.165, 1.54) is 23.1 Å². The van der Waals surface area contributed by atoms with Gasteiger partial charge in [0.25, 0.3) is 6.43 Å². The molecule has 0 saturated heterocycles. The van der Waals surface area contributed by atoms with Crippen LogP contribution >= 0.6 is 23.2 Å². The van der Waals surface area contributed by atoms with Gasteiger partial charge in [0.15, 0.2) is 0 Å². The minimum absolute atomic E-state index is 0.00892. The third kappa shape index (κ3) is 5.15. The molecule has 0 atom stereocenters. The van der Waals surface area contributed by atoms with Crippen molar-refractivity contribution in [3.8, 4) is 0 Å². The fraction of sp³-hybridized carbons (Fsp3) is 0.455. The summed E-state index contributed by atoms with van der Waals surface area (Å²) in [6, 6.07) is 4.18. The van der Waals surface area contributed by atoms with Crippen LogP contribution in [0.1, 0.15) is 5.56 Å². The van der Waals surface area contributed by atoms with Crippen LogP contribution in [0, 0.1) is 5.82 Å². The van der Waals surface area contributed by atoms with Crippen LogP contribution in [0.15, 0.2) is 18.2 Å². The minimum atomic E-state index is -2.42. The van der Waals surface area contributed by atoms with Gasteiger partial charge in [0.1, 0.15) is 5.82 Å². The Bertz CT molecular complexity index is 361. The first-order valence-corrected chi connectivity index (χ1v) is 5.94. The summed E-state index contributed by atoms with van der Waals surface area (Å²) in [6.07, 6.45) is -2.42. The maximum atomic E-state index is 12.9. The van der Waals surface area contributed by atoms with Gasteiger partial charge >= 0.3 is 0 Å². The van der Waals surface area contributed by atoms with Crippen molar-refractivity contribution in [2.24, 2.45) is 0 Å². The van der Waals surface area contributed by atoms with Gasteiger partial charge in [0.05, 0.1) is 11.6 Å². The predicted molar refractivity (Wildman–Crippen MR) is 63.4 cm³/mol. The Morgan fingerprint density at radius 3 is 2.53 bits per heavy atom. The van der Waals surface area contributed by atoms with Crippen molar-refractivity contribution in [1.82, 2.24) is 4.90 Å². The summed E-state index contributed by atoms with van der Waals surface area (Å²) >= 11 is 11.1. The van der Waals surface area contributed by atoms with Crippen LogP contribution in [-0.2, 0) is 6.54 Å². The molecule has 1 rings (SSSR count). The molecule has 0 unspecified atom stereocenters. The molecule has 6 heteroatoms. The molecule has 17 heavy (non-hydrogen) atoms. The normalized spacial score (nSPS) is 11.5. The lowest BCUT2D eigenvalue weighted by Gasteiger charge is -2.20. The van der Waals surface area contributed by atoms with Crippen molar-refractivity contribution < 1.29 is 13.2 Å². The van der Waals surface area contributed by atoms with E-state index in [2.05, 4.69) is 0 Å². The van der Waals surface area contributed by atoms with Crippen LogP contribution in [-0.4, -0.2) is 30.3 Å². The molecule has 1 aromatic carbocycles. The van der Waals surface area contributed by atoms with Crippen molar-refractivity contribution in [3.63, 3.8) is 0 Å². The van der Waals surface area contributed by atoms with Gasteiger partial charge in [-0.25, -0.2) is 13.2 Å². The zero-order valence-electron chi connectivity index (χ0n) is 8.97. The topological polar surface area (TPSA) is 3.24 Å². The highest BCUT2D eigenvalue weighted by atomic mass is 35.5. The van der Waals surface area contributed by atoms with Crippen LogP contribution in [0.4, 0.5) is 13.2 Å². The van der Waals surface area contributed by atoms with E-state index >= 15 is 0 Å². The van der Waals surface area contributed by atoms with E-state index in [0.717, 1.165) is 0 Å². The Balaban J connectivity index is 2.67. The summed E-state index contributed by atoms with van der Waals surface area (Å²) in [6.45, 7) is 0.264. The second kappa shape index (κ2) is 7.09. The molecule has 0 aliphatic rings. The molecule has 0 bridgehead atoms. The van der Waals surface area contributed by atoms with Gasteiger partial charge in [-0.05, 0) is 17.7 Å². The lowest BCUT2D eigenvalue weighted by molar-refractivity contribution is 0.0878. The molecule has 0 amide bonds. The summed E-state index contributed by atoms with van der Waals surface area (Å²) in [5.74, 6) is -0.255. The molecule has 0 spiro atoms. The number of halogens is 5. The highest BCUT2D eigenvalue weighted by Crippen LogP contribution is 2.17. The van der Waals surface area contributed by atoms with E-state index in [-0.39, 0.29) is 24.0 Å². The van der Waals surface area contributed by atoms with Gasteiger partial charge < -0.3 is 0 Å². The van der Waals surface area contributed by atoms with Crippen LogP contribution < -0.4 is 0 Å². The summed E-state index contributed by atoms with van der Waals surface area (Å²) in [7, 11) is 0. The van der Waals surface area contributed by atoms with Gasteiger partial charge in [-0.15, -0.1) is 11.6 Å².